The van der Waals surface area contributed by atoms with Crippen molar-refractivity contribution < 1.29 is 0 Å². The van der Waals surface area contributed by atoms with Gasteiger partial charge in [0.15, 0.2) is 0 Å². The van der Waals surface area contributed by atoms with Crippen LogP contribution in [0.4, 0.5) is 0 Å². The third-order valence-electron chi connectivity index (χ3n) is 4.01. The second-order valence-corrected chi connectivity index (χ2v) is 6.95. The van der Waals surface area contributed by atoms with Crippen molar-refractivity contribution in [3.63, 3.8) is 0 Å². The summed E-state index contributed by atoms with van der Waals surface area (Å²) in [5.41, 5.74) is 0.567. The minimum atomic E-state index is 0.567. The van der Waals surface area contributed by atoms with Crippen molar-refractivity contribution in [2.75, 3.05) is 17.3 Å². The smallest absolute Gasteiger partial charge is 0.000289 e. The van der Waals surface area contributed by atoms with E-state index in [4.69, 9.17) is 0 Å². The van der Waals surface area contributed by atoms with E-state index in [1.54, 1.807) is 0 Å². The molecule has 0 saturated heterocycles. The molecule has 96 valence electrons. The van der Waals surface area contributed by atoms with Gasteiger partial charge < -0.3 is 0 Å². The number of thioether (sulfide) groups is 1. The van der Waals surface area contributed by atoms with Gasteiger partial charge in [0.2, 0.25) is 0 Å². The second-order valence-electron chi connectivity index (χ2n) is 5.60. The summed E-state index contributed by atoms with van der Waals surface area (Å²) in [6, 6.07) is 0. The minimum absolute atomic E-state index is 0.567. The summed E-state index contributed by atoms with van der Waals surface area (Å²) in [6.07, 6.45) is 9.93. The van der Waals surface area contributed by atoms with Crippen LogP contribution in [-0.4, -0.2) is 17.3 Å². The monoisotopic (exact) mass is 260 g/mol. The van der Waals surface area contributed by atoms with Crippen LogP contribution < -0.4 is 0 Å². The lowest BCUT2D eigenvalue weighted by Crippen LogP contribution is -2.25. The Hall–Kier alpha value is 0.700. The topological polar surface area (TPSA) is 0 Å². The number of thiol groups is 1. The van der Waals surface area contributed by atoms with Crippen LogP contribution in [0, 0.1) is 11.3 Å². The van der Waals surface area contributed by atoms with Gasteiger partial charge in [0, 0.05) is 0 Å². The number of hydrogen-bond acceptors (Lipinski definition) is 2. The molecule has 0 bridgehead atoms. The molecule has 1 rings (SSSR count). The van der Waals surface area contributed by atoms with Crippen LogP contribution in [0.3, 0.4) is 0 Å². The van der Waals surface area contributed by atoms with Crippen LogP contribution in [0.15, 0.2) is 0 Å². The van der Waals surface area contributed by atoms with Crippen LogP contribution >= 0.6 is 24.4 Å². The molecule has 2 heteroatoms. The highest BCUT2D eigenvalue weighted by atomic mass is 32.2. The van der Waals surface area contributed by atoms with E-state index in [1.807, 2.05) is 0 Å². The van der Waals surface area contributed by atoms with Crippen molar-refractivity contribution in [2.45, 2.75) is 58.8 Å². The zero-order valence-electron chi connectivity index (χ0n) is 11.0. The Morgan fingerprint density at radius 2 is 1.81 bits per heavy atom. The third kappa shape index (κ3) is 4.91. The van der Waals surface area contributed by atoms with Gasteiger partial charge >= 0.3 is 0 Å². The molecular formula is C14H28S2. The Morgan fingerprint density at radius 1 is 1.19 bits per heavy atom. The van der Waals surface area contributed by atoms with Gasteiger partial charge in [-0.2, -0.15) is 24.4 Å². The first-order valence-corrected chi connectivity index (χ1v) is 8.70. The van der Waals surface area contributed by atoms with Gasteiger partial charge in [-0.15, -0.1) is 0 Å². The van der Waals surface area contributed by atoms with Gasteiger partial charge in [0.25, 0.3) is 0 Å². The molecule has 0 radical (unpaired) electrons. The molecule has 1 aliphatic rings. The highest BCUT2D eigenvalue weighted by Gasteiger charge is 2.29. The molecule has 0 aromatic carbocycles. The Morgan fingerprint density at radius 3 is 2.31 bits per heavy atom. The van der Waals surface area contributed by atoms with Crippen LogP contribution in [-0.2, 0) is 0 Å². The molecule has 1 aliphatic carbocycles. The summed E-state index contributed by atoms with van der Waals surface area (Å²) >= 11 is 6.81. The van der Waals surface area contributed by atoms with Crippen molar-refractivity contribution in [2.24, 2.45) is 11.3 Å². The van der Waals surface area contributed by atoms with E-state index in [1.165, 1.54) is 56.5 Å². The number of hydrogen-bond donors (Lipinski definition) is 1. The third-order valence-corrected chi connectivity index (χ3v) is 6.30. The average Bonchev–Trinajstić information content (AvgIpc) is 2.55. The normalized spacial score (nSPS) is 22.7. The van der Waals surface area contributed by atoms with Gasteiger partial charge in [-0.05, 0) is 41.4 Å². The van der Waals surface area contributed by atoms with E-state index in [2.05, 4.69) is 38.2 Å². The SMILES string of the molecule is CCC(C)CSCC1(CS)CCCCCC1. The predicted octanol–water partition coefficient (Wildman–Crippen LogP) is 5.04. The van der Waals surface area contributed by atoms with Gasteiger partial charge in [-0.25, -0.2) is 0 Å². The van der Waals surface area contributed by atoms with E-state index in [9.17, 15) is 0 Å². The molecule has 0 aromatic rings. The lowest BCUT2D eigenvalue weighted by molar-refractivity contribution is 0.332. The largest absolute Gasteiger partial charge is 0.179 e. The Balaban J connectivity index is 2.33. The lowest BCUT2D eigenvalue weighted by atomic mass is 9.84. The molecule has 0 aliphatic heterocycles. The maximum absolute atomic E-state index is 4.63. The fourth-order valence-corrected chi connectivity index (χ4v) is 4.58. The molecule has 1 saturated carbocycles. The molecule has 0 aromatic heterocycles. The molecular weight excluding hydrogens is 232 g/mol. The standard InChI is InChI=1S/C14H28S2/c1-3-13(2)10-16-12-14(11-15)8-6-4-5-7-9-14/h13,15H,3-12H2,1-2H3. The number of rotatable bonds is 6. The first-order chi connectivity index (χ1) is 7.72. The zero-order chi connectivity index (χ0) is 11.9. The zero-order valence-corrected chi connectivity index (χ0v) is 12.7. The molecule has 1 unspecified atom stereocenters. The van der Waals surface area contributed by atoms with Gasteiger partial charge in [0.1, 0.15) is 0 Å². The van der Waals surface area contributed by atoms with Crippen molar-refractivity contribution >= 4 is 24.4 Å². The Labute approximate surface area is 112 Å². The fourth-order valence-electron chi connectivity index (χ4n) is 2.42. The van der Waals surface area contributed by atoms with E-state index >= 15 is 0 Å². The molecule has 1 fully saturated rings. The van der Waals surface area contributed by atoms with Crippen molar-refractivity contribution in [1.29, 1.82) is 0 Å². The van der Waals surface area contributed by atoms with E-state index < -0.39 is 0 Å². The summed E-state index contributed by atoms with van der Waals surface area (Å²) in [4.78, 5) is 0. The summed E-state index contributed by atoms with van der Waals surface area (Å²) in [6.45, 7) is 4.67. The summed E-state index contributed by atoms with van der Waals surface area (Å²) in [7, 11) is 0. The summed E-state index contributed by atoms with van der Waals surface area (Å²) in [5, 5.41) is 0. The maximum atomic E-state index is 4.63. The molecule has 16 heavy (non-hydrogen) atoms. The minimum Gasteiger partial charge on any atom is -0.179 e. The predicted molar refractivity (Wildman–Crippen MR) is 80.8 cm³/mol. The second kappa shape index (κ2) is 7.92. The molecule has 0 heterocycles. The molecule has 1 atom stereocenters. The van der Waals surface area contributed by atoms with Crippen LogP contribution in [0.5, 0.6) is 0 Å². The first kappa shape index (κ1) is 14.8. The van der Waals surface area contributed by atoms with Crippen molar-refractivity contribution in [3.8, 4) is 0 Å². The fraction of sp³-hybridized carbons (Fsp3) is 1.00. The van der Waals surface area contributed by atoms with E-state index in [0.717, 1.165) is 11.7 Å². The quantitative estimate of drug-likeness (QED) is 0.516. The van der Waals surface area contributed by atoms with Crippen molar-refractivity contribution in [1.82, 2.24) is 0 Å². The van der Waals surface area contributed by atoms with Gasteiger partial charge in [0.05, 0.1) is 0 Å². The van der Waals surface area contributed by atoms with Crippen LogP contribution in [0.25, 0.3) is 0 Å². The van der Waals surface area contributed by atoms with Crippen LogP contribution in [0.2, 0.25) is 0 Å². The summed E-state index contributed by atoms with van der Waals surface area (Å²) < 4.78 is 0. The highest BCUT2D eigenvalue weighted by Crippen LogP contribution is 2.39. The molecule has 0 spiro atoms. The Kier molecular flexibility index (Phi) is 7.30. The van der Waals surface area contributed by atoms with Gasteiger partial charge in [-0.1, -0.05) is 46.0 Å². The average molecular weight is 261 g/mol. The van der Waals surface area contributed by atoms with Crippen LogP contribution in [0.1, 0.15) is 58.8 Å². The molecule has 0 amide bonds. The molecule has 0 nitrogen and oxygen atoms in total. The first-order valence-electron chi connectivity index (χ1n) is 6.91. The van der Waals surface area contributed by atoms with E-state index in [0.29, 0.717) is 5.41 Å². The van der Waals surface area contributed by atoms with E-state index in [-0.39, 0.29) is 0 Å². The molecule has 0 N–H and O–H groups in total. The summed E-state index contributed by atoms with van der Waals surface area (Å²) in [5.74, 6) is 4.67. The van der Waals surface area contributed by atoms with Crippen molar-refractivity contribution in [3.05, 3.63) is 0 Å². The highest BCUT2D eigenvalue weighted by molar-refractivity contribution is 7.99. The Bertz CT molecular complexity index is 172. The van der Waals surface area contributed by atoms with Gasteiger partial charge in [-0.3, -0.25) is 0 Å². The lowest BCUT2D eigenvalue weighted by Gasteiger charge is -2.31. The maximum Gasteiger partial charge on any atom is -0.000289 e.